The second-order valence-electron chi connectivity index (χ2n) is 12.8. The maximum Gasteiger partial charge on any atom is 0.127 e. The van der Waals surface area contributed by atoms with E-state index < -0.39 is 12.2 Å². The van der Waals surface area contributed by atoms with Gasteiger partial charge in [0, 0.05) is 28.9 Å². The molecule has 0 amide bonds. The molecule has 0 spiro atoms. The van der Waals surface area contributed by atoms with Crippen LogP contribution in [0, 0.1) is 0 Å². The van der Waals surface area contributed by atoms with Crippen LogP contribution in [0.1, 0.15) is 71.9 Å². The second kappa shape index (κ2) is 18.9. The first-order valence-corrected chi connectivity index (χ1v) is 17.6. The third kappa shape index (κ3) is 10.2. The first-order chi connectivity index (χ1) is 24.4. The minimum atomic E-state index is -0.796. The fraction of sp³-hybridized carbons (Fsp3) is 0.289. The number of hydrogen-bond donors (Lipinski definition) is 1. The summed E-state index contributed by atoms with van der Waals surface area (Å²) in [7, 11) is 0. The molecule has 0 aliphatic carbocycles. The highest BCUT2D eigenvalue weighted by Gasteiger charge is 2.26. The first kappa shape index (κ1) is 36.6. The molecule has 0 aromatic heterocycles. The summed E-state index contributed by atoms with van der Waals surface area (Å²) in [4.78, 5) is 0. The highest BCUT2D eigenvalue weighted by Crippen LogP contribution is 2.43. The van der Waals surface area contributed by atoms with Crippen LogP contribution in [-0.4, -0.2) is 50.3 Å². The van der Waals surface area contributed by atoms with Crippen molar-refractivity contribution in [2.75, 3.05) is 33.0 Å². The Bertz CT molecular complexity index is 1640. The number of aliphatic hydroxyl groups excluding tert-OH is 1. The van der Waals surface area contributed by atoms with Crippen molar-refractivity contribution < 1.29 is 24.1 Å². The lowest BCUT2D eigenvalue weighted by atomic mass is 9.81. The van der Waals surface area contributed by atoms with Crippen molar-refractivity contribution in [3.63, 3.8) is 0 Å². The number of rotatable bonds is 19. The molecule has 5 heteroatoms. The van der Waals surface area contributed by atoms with Crippen LogP contribution in [0.25, 0.3) is 0 Å². The zero-order chi connectivity index (χ0) is 35.1. The van der Waals surface area contributed by atoms with Crippen LogP contribution in [0.3, 0.4) is 0 Å². The molecule has 260 valence electrons. The van der Waals surface area contributed by atoms with Gasteiger partial charge in [0.2, 0.25) is 0 Å². The zero-order valence-corrected chi connectivity index (χ0v) is 29.5. The Labute approximate surface area is 298 Å². The van der Waals surface area contributed by atoms with Gasteiger partial charge in [-0.1, -0.05) is 148 Å². The van der Waals surface area contributed by atoms with E-state index in [1.165, 1.54) is 22.3 Å². The number of ether oxygens (including phenoxy) is 4. The van der Waals surface area contributed by atoms with Crippen molar-refractivity contribution >= 4 is 0 Å². The second-order valence-corrected chi connectivity index (χ2v) is 12.8. The van der Waals surface area contributed by atoms with Gasteiger partial charge in [0.1, 0.15) is 36.9 Å². The summed E-state index contributed by atoms with van der Waals surface area (Å²) in [6.07, 6.45) is 0.397. The largest absolute Gasteiger partial charge is 0.491 e. The third-order valence-electron chi connectivity index (χ3n) is 9.16. The van der Waals surface area contributed by atoms with E-state index in [1.807, 2.05) is 30.3 Å². The predicted octanol–water partition coefficient (Wildman–Crippen LogP) is 9.55. The molecule has 0 bridgehead atoms. The summed E-state index contributed by atoms with van der Waals surface area (Å²) >= 11 is 0. The number of benzene rings is 5. The molecule has 5 aromatic carbocycles. The number of para-hydroxylation sites is 1. The van der Waals surface area contributed by atoms with Crippen molar-refractivity contribution in [1.82, 2.24) is 0 Å². The summed E-state index contributed by atoms with van der Waals surface area (Å²) < 4.78 is 24.8. The summed E-state index contributed by atoms with van der Waals surface area (Å²) in [6.45, 7) is 11.5. The van der Waals surface area contributed by atoms with E-state index in [4.69, 9.17) is 18.9 Å². The molecule has 5 rings (SSSR count). The maximum atomic E-state index is 10.6. The van der Waals surface area contributed by atoms with E-state index in [2.05, 4.69) is 130 Å². The molecular formula is C45H50O5. The molecular weight excluding hydrogens is 620 g/mol. The molecule has 0 saturated heterocycles. The minimum absolute atomic E-state index is 0.0552. The molecule has 0 aliphatic heterocycles. The van der Waals surface area contributed by atoms with E-state index >= 15 is 0 Å². The molecule has 5 aromatic rings. The standard InChI is InChI=1S/C45H50O5/c1-5-26-47-29-40(46)30-48-42(31-49-41-24-16-9-17-25-41)32-50-45-43(34(3)37-20-12-7-13-21-37)27-39(33(2)36-18-10-6-11-19-36)28-44(45)35(4)38-22-14-8-15-23-38/h5-25,27-28,33-35,40,42,46H,1,26,29-32H2,2-4H3. The van der Waals surface area contributed by atoms with Gasteiger partial charge in [-0.2, -0.15) is 0 Å². The SMILES string of the molecule is C=CCOCC(O)COC(COc1ccccc1)COc1c(C(C)c2ccccc2)cc(C(C)c2ccccc2)cc1C(C)c1ccccc1. The Kier molecular flexibility index (Phi) is 13.8. The molecule has 5 unspecified atom stereocenters. The average molecular weight is 671 g/mol. The molecule has 0 radical (unpaired) electrons. The maximum absolute atomic E-state index is 10.6. The highest BCUT2D eigenvalue weighted by molar-refractivity contribution is 5.54. The lowest BCUT2D eigenvalue weighted by Crippen LogP contribution is -2.33. The summed E-state index contributed by atoms with van der Waals surface area (Å²) in [5.74, 6) is 1.88. The van der Waals surface area contributed by atoms with E-state index in [-0.39, 0.29) is 44.2 Å². The summed E-state index contributed by atoms with van der Waals surface area (Å²) in [5, 5.41) is 10.6. The van der Waals surface area contributed by atoms with Crippen LogP contribution in [0.5, 0.6) is 11.5 Å². The van der Waals surface area contributed by atoms with Gasteiger partial charge in [-0.15, -0.1) is 6.58 Å². The van der Waals surface area contributed by atoms with E-state index in [0.29, 0.717) is 6.61 Å². The number of hydrogen-bond acceptors (Lipinski definition) is 5. The Morgan fingerprint density at radius 3 is 1.52 bits per heavy atom. The fourth-order valence-electron chi connectivity index (χ4n) is 6.14. The summed E-state index contributed by atoms with van der Waals surface area (Å²) in [5.41, 5.74) is 7.16. The highest BCUT2D eigenvalue weighted by atomic mass is 16.6. The topological polar surface area (TPSA) is 57.2 Å². The van der Waals surface area contributed by atoms with Crippen LogP contribution in [-0.2, 0) is 9.47 Å². The van der Waals surface area contributed by atoms with Crippen molar-refractivity contribution in [3.05, 3.63) is 179 Å². The van der Waals surface area contributed by atoms with Gasteiger partial charge in [-0.25, -0.2) is 0 Å². The fourth-order valence-corrected chi connectivity index (χ4v) is 6.14. The first-order valence-electron chi connectivity index (χ1n) is 17.6. The van der Waals surface area contributed by atoms with Gasteiger partial charge in [0.25, 0.3) is 0 Å². The lowest BCUT2D eigenvalue weighted by molar-refractivity contribution is -0.0638. The van der Waals surface area contributed by atoms with Crippen molar-refractivity contribution in [2.45, 2.75) is 50.7 Å². The molecule has 1 N–H and O–H groups in total. The van der Waals surface area contributed by atoms with Crippen molar-refractivity contribution in [2.24, 2.45) is 0 Å². The van der Waals surface area contributed by atoms with Gasteiger partial charge < -0.3 is 24.1 Å². The van der Waals surface area contributed by atoms with Crippen molar-refractivity contribution in [3.8, 4) is 11.5 Å². The van der Waals surface area contributed by atoms with Gasteiger partial charge in [0.15, 0.2) is 0 Å². The van der Waals surface area contributed by atoms with E-state index in [1.54, 1.807) is 6.08 Å². The Morgan fingerprint density at radius 2 is 1.02 bits per heavy atom. The van der Waals surface area contributed by atoms with Crippen LogP contribution < -0.4 is 9.47 Å². The summed E-state index contributed by atoms with van der Waals surface area (Å²) in [6, 6.07) is 46.1. The molecule has 5 nitrogen and oxygen atoms in total. The van der Waals surface area contributed by atoms with E-state index in [9.17, 15) is 5.11 Å². The Balaban J connectivity index is 1.53. The van der Waals surface area contributed by atoms with Crippen LogP contribution >= 0.6 is 0 Å². The van der Waals surface area contributed by atoms with Gasteiger partial charge >= 0.3 is 0 Å². The van der Waals surface area contributed by atoms with Gasteiger partial charge in [-0.3, -0.25) is 0 Å². The van der Waals surface area contributed by atoms with Crippen molar-refractivity contribution in [1.29, 1.82) is 0 Å². The lowest BCUT2D eigenvalue weighted by Gasteiger charge is -2.28. The monoisotopic (exact) mass is 670 g/mol. The van der Waals surface area contributed by atoms with Crippen LogP contribution in [0.15, 0.2) is 146 Å². The predicted molar refractivity (Wildman–Crippen MR) is 203 cm³/mol. The smallest absolute Gasteiger partial charge is 0.127 e. The molecule has 0 heterocycles. The average Bonchev–Trinajstić information content (AvgIpc) is 3.18. The van der Waals surface area contributed by atoms with E-state index in [0.717, 1.165) is 22.6 Å². The molecule has 50 heavy (non-hydrogen) atoms. The Morgan fingerprint density at radius 1 is 0.560 bits per heavy atom. The molecule has 0 aliphatic rings. The Hall–Kier alpha value is -4.68. The van der Waals surface area contributed by atoms with Gasteiger partial charge in [-0.05, 0) is 34.4 Å². The quantitative estimate of drug-likeness (QED) is 0.0701. The molecule has 5 atom stereocenters. The molecule has 0 saturated carbocycles. The number of aliphatic hydroxyl groups is 1. The minimum Gasteiger partial charge on any atom is -0.491 e. The molecule has 0 fully saturated rings. The zero-order valence-electron chi connectivity index (χ0n) is 29.5. The van der Waals surface area contributed by atoms with Gasteiger partial charge in [0.05, 0.1) is 19.8 Å². The normalized spacial score (nSPS) is 14.2. The third-order valence-corrected chi connectivity index (χ3v) is 9.16. The van der Waals surface area contributed by atoms with Crippen LogP contribution in [0.2, 0.25) is 0 Å². The van der Waals surface area contributed by atoms with Crippen LogP contribution in [0.4, 0.5) is 0 Å².